The lowest BCUT2D eigenvalue weighted by molar-refractivity contribution is 0.0698. The number of pyridine rings is 1. The Kier molecular flexibility index (Phi) is 4.50. The maximum Gasteiger partial charge on any atom is 0.254 e. The lowest BCUT2D eigenvalue weighted by Gasteiger charge is -2.34. The normalized spacial score (nSPS) is 17.9. The highest BCUT2D eigenvalue weighted by atomic mass is 32.2. The molecule has 0 N–H and O–H groups in total. The lowest BCUT2D eigenvalue weighted by Crippen LogP contribution is -2.50. The van der Waals surface area contributed by atoms with Gasteiger partial charge in [0.1, 0.15) is 0 Å². The zero-order valence-corrected chi connectivity index (χ0v) is 15.3. The average molecular weight is 371 g/mol. The lowest BCUT2D eigenvalue weighted by atomic mass is 10.1. The van der Waals surface area contributed by atoms with Crippen molar-refractivity contribution in [1.82, 2.24) is 14.2 Å². The smallest absolute Gasteiger partial charge is 0.254 e. The summed E-state index contributed by atoms with van der Waals surface area (Å²) in [6.45, 7) is 1.42. The fourth-order valence-electron chi connectivity index (χ4n) is 3.67. The highest BCUT2D eigenvalue weighted by molar-refractivity contribution is 7.89. The highest BCUT2D eigenvalue weighted by Crippen LogP contribution is 2.26. The largest absolute Gasteiger partial charge is 0.336 e. The van der Waals surface area contributed by atoms with Gasteiger partial charge in [-0.1, -0.05) is 6.07 Å². The molecule has 1 saturated heterocycles. The average Bonchev–Trinajstić information content (AvgIpc) is 3.16. The molecule has 1 aromatic heterocycles. The summed E-state index contributed by atoms with van der Waals surface area (Å²) >= 11 is 0. The maximum absolute atomic E-state index is 12.9. The molecule has 1 aromatic carbocycles. The van der Waals surface area contributed by atoms with Gasteiger partial charge in [-0.3, -0.25) is 9.78 Å². The van der Waals surface area contributed by atoms with Crippen LogP contribution in [-0.4, -0.2) is 54.7 Å². The summed E-state index contributed by atoms with van der Waals surface area (Å²) in [6, 6.07) is 8.84. The summed E-state index contributed by atoms with van der Waals surface area (Å²) in [6.07, 6.45) is 6.25. The van der Waals surface area contributed by atoms with Crippen molar-refractivity contribution in [3.63, 3.8) is 0 Å². The van der Waals surface area contributed by atoms with E-state index in [2.05, 4.69) is 4.98 Å². The van der Waals surface area contributed by atoms with Gasteiger partial charge in [0.05, 0.1) is 4.90 Å². The quantitative estimate of drug-likeness (QED) is 0.824. The van der Waals surface area contributed by atoms with E-state index in [0.29, 0.717) is 36.6 Å². The monoisotopic (exact) mass is 371 g/mol. The minimum atomic E-state index is -3.51. The summed E-state index contributed by atoms with van der Waals surface area (Å²) in [5.41, 5.74) is 2.99. The number of carbonyl (C=O) groups is 1. The number of hydrogen-bond acceptors (Lipinski definition) is 4. The number of carbonyl (C=O) groups excluding carboxylic acids is 1. The summed E-state index contributed by atoms with van der Waals surface area (Å²) in [5.74, 6) is -0.0815. The molecule has 26 heavy (non-hydrogen) atoms. The summed E-state index contributed by atoms with van der Waals surface area (Å²) in [5, 5.41) is 0. The van der Waals surface area contributed by atoms with Gasteiger partial charge in [-0.15, -0.1) is 0 Å². The number of fused-ring (bicyclic) bond motifs is 1. The van der Waals surface area contributed by atoms with Crippen LogP contribution in [0.1, 0.15) is 27.9 Å². The van der Waals surface area contributed by atoms with Gasteiger partial charge in [0.15, 0.2) is 0 Å². The third-order valence-corrected chi connectivity index (χ3v) is 7.06. The predicted molar refractivity (Wildman–Crippen MR) is 97.4 cm³/mol. The highest BCUT2D eigenvalue weighted by Gasteiger charge is 2.31. The second-order valence-electron chi connectivity index (χ2n) is 6.72. The molecule has 7 heteroatoms. The van der Waals surface area contributed by atoms with Gasteiger partial charge in [-0.25, -0.2) is 8.42 Å². The van der Waals surface area contributed by atoms with E-state index in [0.717, 1.165) is 24.8 Å². The molecule has 1 fully saturated rings. The van der Waals surface area contributed by atoms with Gasteiger partial charge in [0.25, 0.3) is 5.91 Å². The van der Waals surface area contributed by atoms with E-state index in [9.17, 15) is 13.2 Å². The first-order valence-electron chi connectivity index (χ1n) is 8.87. The number of amides is 1. The Balaban J connectivity index is 1.46. The number of hydrogen-bond donors (Lipinski definition) is 0. The molecule has 0 unspecified atom stereocenters. The maximum atomic E-state index is 12.9. The molecule has 1 aliphatic heterocycles. The number of aryl methyl sites for hydroxylation is 2. The molecule has 2 aliphatic rings. The molecule has 2 aromatic rings. The Morgan fingerprint density at radius 1 is 0.923 bits per heavy atom. The Morgan fingerprint density at radius 3 is 2.35 bits per heavy atom. The molecule has 6 nitrogen and oxygen atoms in total. The third-order valence-electron chi connectivity index (χ3n) is 5.16. The van der Waals surface area contributed by atoms with Gasteiger partial charge in [0, 0.05) is 44.1 Å². The number of aromatic nitrogens is 1. The van der Waals surface area contributed by atoms with Crippen LogP contribution in [0.15, 0.2) is 47.6 Å². The van der Waals surface area contributed by atoms with Gasteiger partial charge in [-0.2, -0.15) is 4.31 Å². The fourth-order valence-corrected chi connectivity index (χ4v) is 5.14. The molecule has 1 aliphatic carbocycles. The van der Waals surface area contributed by atoms with E-state index in [-0.39, 0.29) is 5.91 Å². The van der Waals surface area contributed by atoms with E-state index < -0.39 is 10.0 Å². The minimum Gasteiger partial charge on any atom is -0.336 e. The van der Waals surface area contributed by atoms with Crippen molar-refractivity contribution in [1.29, 1.82) is 0 Å². The van der Waals surface area contributed by atoms with Crippen LogP contribution in [0.5, 0.6) is 0 Å². The molecule has 0 radical (unpaired) electrons. The van der Waals surface area contributed by atoms with Crippen LogP contribution in [0.25, 0.3) is 0 Å². The van der Waals surface area contributed by atoms with E-state index in [1.165, 1.54) is 9.87 Å². The molecule has 0 atom stereocenters. The Morgan fingerprint density at radius 2 is 1.62 bits per heavy atom. The Hall–Kier alpha value is -2.25. The minimum absolute atomic E-state index is 0.0815. The topological polar surface area (TPSA) is 70.6 Å². The van der Waals surface area contributed by atoms with Crippen LogP contribution in [0.3, 0.4) is 0 Å². The molecule has 4 rings (SSSR count). The van der Waals surface area contributed by atoms with Crippen LogP contribution in [0, 0.1) is 0 Å². The Labute approximate surface area is 153 Å². The van der Waals surface area contributed by atoms with Crippen LogP contribution in [0.2, 0.25) is 0 Å². The van der Waals surface area contributed by atoms with Crippen molar-refractivity contribution in [2.45, 2.75) is 24.2 Å². The van der Waals surface area contributed by atoms with Crippen molar-refractivity contribution in [3.05, 3.63) is 59.4 Å². The van der Waals surface area contributed by atoms with Crippen molar-refractivity contribution >= 4 is 15.9 Å². The standard InChI is InChI=1S/C19H21N3O3S/c23-19(16-6-8-20-9-7-16)21-10-12-22(13-11-21)26(24,25)18-5-4-15-2-1-3-17(15)14-18/h4-9,14H,1-3,10-13H2. The molecule has 136 valence electrons. The molecule has 0 spiro atoms. The van der Waals surface area contributed by atoms with Crippen molar-refractivity contribution < 1.29 is 13.2 Å². The third kappa shape index (κ3) is 3.12. The fraction of sp³-hybridized carbons (Fsp3) is 0.368. The predicted octanol–water partition coefficient (Wildman–Crippen LogP) is 1.72. The van der Waals surface area contributed by atoms with Gasteiger partial charge >= 0.3 is 0 Å². The Bertz CT molecular complexity index is 920. The number of sulfonamides is 1. The molecule has 1 amide bonds. The number of piperazine rings is 1. The summed E-state index contributed by atoms with van der Waals surface area (Å²) in [7, 11) is -3.51. The van der Waals surface area contributed by atoms with Crippen LogP contribution in [-0.2, 0) is 22.9 Å². The van der Waals surface area contributed by atoms with Crippen molar-refractivity contribution in [3.8, 4) is 0 Å². The molecule has 0 bridgehead atoms. The van der Waals surface area contributed by atoms with Crippen LogP contribution < -0.4 is 0 Å². The van der Waals surface area contributed by atoms with Gasteiger partial charge in [-0.05, 0) is 54.7 Å². The first kappa shape index (κ1) is 17.2. The second-order valence-corrected chi connectivity index (χ2v) is 8.65. The van der Waals surface area contributed by atoms with E-state index >= 15 is 0 Å². The van der Waals surface area contributed by atoms with E-state index in [1.54, 1.807) is 35.5 Å². The second kappa shape index (κ2) is 6.81. The summed E-state index contributed by atoms with van der Waals surface area (Å²) in [4.78, 5) is 18.5. The number of rotatable bonds is 3. The van der Waals surface area contributed by atoms with Crippen molar-refractivity contribution in [2.75, 3.05) is 26.2 Å². The molecular weight excluding hydrogens is 350 g/mol. The number of nitrogens with zero attached hydrogens (tertiary/aromatic N) is 3. The first-order valence-corrected chi connectivity index (χ1v) is 10.3. The molecular formula is C19H21N3O3S. The van der Waals surface area contributed by atoms with E-state index in [1.807, 2.05) is 12.1 Å². The summed E-state index contributed by atoms with van der Waals surface area (Å²) < 4.78 is 27.4. The van der Waals surface area contributed by atoms with Crippen LogP contribution >= 0.6 is 0 Å². The van der Waals surface area contributed by atoms with Crippen molar-refractivity contribution in [2.24, 2.45) is 0 Å². The zero-order chi connectivity index (χ0) is 18.1. The SMILES string of the molecule is O=C(c1ccncc1)N1CCN(S(=O)(=O)c2ccc3c(c2)CCC3)CC1. The van der Waals surface area contributed by atoms with Gasteiger partial charge < -0.3 is 4.90 Å². The van der Waals surface area contributed by atoms with Crippen LogP contribution in [0.4, 0.5) is 0 Å². The zero-order valence-electron chi connectivity index (χ0n) is 14.5. The molecule has 2 heterocycles. The first-order chi connectivity index (χ1) is 12.6. The van der Waals surface area contributed by atoms with E-state index in [4.69, 9.17) is 0 Å². The number of benzene rings is 1. The van der Waals surface area contributed by atoms with Gasteiger partial charge in [0.2, 0.25) is 10.0 Å². The molecule has 0 saturated carbocycles.